The van der Waals surface area contributed by atoms with E-state index in [2.05, 4.69) is 21.3 Å². The van der Waals surface area contributed by atoms with Crippen molar-refractivity contribution in [2.24, 2.45) is 0 Å². The second-order valence-corrected chi connectivity index (χ2v) is 15.7. The molecule has 0 spiro atoms. The van der Waals surface area contributed by atoms with Crippen LogP contribution in [-0.4, -0.2) is 42.0 Å². The Labute approximate surface area is 306 Å². The lowest BCUT2D eigenvalue weighted by Crippen LogP contribution is -2.30. The molecular weight excluding hydrogens is 705 g/mol. The number of amides is 4. The minimum atomic E-state index is -4.08. The number of rotatable bonds is 15. The zero-order valence-corrected chi connectivity index (χ0v) is 31.9. The smallest absolute Gasteiger partial charge is 0.339 e. The van der Waals surface area contributed by atoms with Gasteiger partial charge in [0.1, 0.15) is 21.3 Å². The summed E-state index contributed by atoms with van der Waals surface area (Å²) in [5.74, 6) is 0.160. The van der Waals surface area contributed by atoms with Gasteiger partial charge in [-0.2, -0.15) is 16.8 Å². The number of aryl methyl sites for hydroxylation is 6. The highest BCUT2D eigenvalue weighted by Gasteiger charge is 2.24. The third kappa shape index (κ3) is 11.2. The Kier molecular flexibility index (Phi) is 13.3. The van der Waals surface area contributed by atoms with Crippen molar-refractivity contribution in [1.82, 2.24) is 10.6 Å². The van der Waals surface area contributed by atoms with Crippen molar-refractivity contribution in [3.63, 3.8) is 0 Å². The number of carbonyl (C=O) groups is 2. The molecule has 0 aliphatic rings. The highest BCUT2D eigenvalue weighted by Crippen LogP contribution is 2.28. The Morgan fingerprint density at radius 2 is 0.865 bits per heavy atom. The zero-order chi connectivity index (χ0) is 38.1. The minimum Gasteiger partial charge on any atom is -0.379 e. The van der Waals surface area contributed by atoms with Crippen LogP contribution in [0.5, 0.6) is 11.5 Å². The number of hydrogen-bond acceptors (Lipinski definition) is 8. The molecule has 0 unspecified atom stereocenters. The predicted molar refractivity (Wildman–Crippen MR) is 202 cm³/mol. The van der Waals surface area contributed by atoms with Gasteiger partial charge in [0.25, 0.3) is 0 Å². The number of carbonyl (C=O) groups excluding carboxylic acids is 2. The number of urea groups is 2. The second kappa shape index (κ2) is 17.4. The van der Waals surface area contributed by atoms with Crippen LogP contribution in [-0.2, 0) is 20.2 Å². The fourth-order valence-corrected chi connectivity index (χ4v) is 8.76. The second-order valence-electron chi connectivity index (χ2n) is 12.8. The fraction of sp³-hybridized carbons (Fsp3) is 0.316. The molecule has 12 nitrogen and oxygen atoms in total. The standard InChI is InChI=1S/C38H46N4O8S2/c1-25-19-27(3)35(28(4)20-25)51(45,46)49-33-15-11-13-31(23-33)41-37(43)39-17-9-7-8-10-18-40-38(44)42-32-14-12-16-34(24-32)50-52(47,48)36-29(5)21-26(2)22-30(36)6/h11-16,19-24H,7-10,17-18H2,1-6H3,(H2,39,41,43)(H2,40,42,44). The zero-order valence-electron chi connectivity index (χ0n) is 30.3. The van der Waals surface area contributed by atoms with E-state index in [9.17, 15) is 26.4 Å². The third-order valence-corrected chi connectivity index (χ3v) is 11.1. The average molecular weight is 751 g/mol. The maximum Gasteiger partial charge on any atom is 0.339 e. The van der Waals surface area contributed by atoms with Gasteiger partial charge >= 0.3 is 32.3 Å². The molecule has 0 aliphatic heterocycles. The molecule has 52 heavy (non-hydrogen) atoms. The quantitative estimate of drug-likeness (QED) is 0.0712. The molecule has 0 radical (unpaired) electrons. The maximum absolute atomic E-state index is 13.0. The van der Waals surface area contributed by atoms with E-state index in [0.29, 0.717) is 59.6 Å². The van der Waals surface area contributed by atoms with Gasteiger partial charge in [-0.15, -0.1) is 0 Å². The van der Waals surface area contributed by atoms with E-state index in [0.717, 1.165) is 24.0 Å². The molecule has 14 heteroatoms. The molecule has 0 aliphatic carbocycles. The normalized spacial score (nSPS) is 11.4. The van der Waals surface area contributed by atoms with Gasteiger partial charge < -0.3 is 29.6 Å². The van der Waals surface area contributed by atoms with Crippen LogP contribution in [0.25, 0.3) is 0 Å². The van der Waals surface area contributed by atoms with Crippen LogP contribution in [0.15, 0.2) is 82.6 Å². The lowest BCUT2D eigenvalue weighted by atomic mass is 10.1. The molecule has 0 bridgehead atoms. The van der Waals surface area contributed by atoms with Crippen LogP contribution in [0.2, 0.25) is 0 Å². The highest BCUT2D eigenvalue weighted by atomic mass is 32.2. The number of unbranched alkanes of at least 4 members (excludes halogenated alkanes) is 3. The summed E-state index contributed by atoms with van der Waals surface area (Å²) < 4.78 is 62.8. The first-order valence-electron chi connectivity index (χ1n) is 16.9. The van der Waals surface area contributed by atoms with E-state index in [4.69, 9.17) is 8.37 Å². The van der Waals surface area contributed by atoms with Gasteiger partial charge in [-0.1, -0.05) is 60.4 Å². The Morgan fingerprint density at radius 1 is 0.519 bits per heavy atom. The molecule has 4 rings (SSSR count). The summed E-state index contributed by atoms with van der Waals surface area (Å²) in [6, 6.07) is 18.6. The van der Waals surface area contributed by atoms with Gasteiger partial charge in [0.2, 0.25) is 0 Å². The summed E-state index contributed by atoms with van der Waals surface area (Å²) in [5.41, 5.74) is 5.05. The molecule has 4 aromatic rings. The van der Waals surface area contributed by atoms with Gasteiger partial charge in [0, 0.05) is 36.6 Å². The molecule has 0 fully saturated rings. The summed E-state index contributed by atoms with van der Waals surface area (Å²) in [5, 5.41) is 10.9. The molecule has 0 saturated heterocycles. The Bertz CT molecular complexity index is 1950. The van der Waals surface area contributed by atoms with Crippen LogP contribution >= 0.6 is 0 Å². The first-order valence-corrected chi connectivity index (χ1v) is 19.7. The van der Waals surface area contributed by atoms with E-state index in [-0.39, 0.29) is 21.3 Å². The van der Waals surface area contributed by atoms with Crippen LogP contribution < -0.4 is 29.6 Å². The van der Waals surface area contributed by atoms with Gasteiger partial charge in [-0.25, -0.2) is 9.59 Å². The van der Waals surface area contributed by atoms with Gasteiger partial charge in [0.05, 0.1) is 0 Å². The number of hydrogen-bond donors (Lipinski definition) is 4. The molecule has 0 atom stereocenters. The molecule has 4 N–H and O–H groups in total. The van der Waals surface area contributed by atoms with Crippen molar-refractivity contribution in [3.8, 4) is 11.5 Å². The van der Waals surface area contributed by atoms with Crippen molar-refractivity contribution in [3.05, 3.63) is 106 Å². The fourth-order valence-electron chi connectivity index (χ4n) is 6.07. The van der Waals surface area contributed by atoms with Crippen molar-refractivity contribution in [2.75, 3.05) is 23.7 Å². The van der Waals surface area contributed by atoms with Crippen molar-refractivity contribution >= 4 is 43.7 Å². The number of benzene rings is 4. The lowest BCUT2D eigenvalue weighted by Gasteiger charge is -2.14. The molecule has 0 aromatic heterocycles. The Hall–Kier alpha value is -5.08. The van der Waals surface area contributed by atoms with E-state index < -0.39 is 32.3 Å². The summed E-state index contributed by atoms with van der Waals surface area (Å²) in [6.07, 6.45) is 3.06. The monoisotopic (exact) mass is 750 g/mol. The first kappa shape index (κ1) is 39.7. The molecular formula is C38H46N4O8S2. The summed E-state index contributed by atoms with van der Waals surface area (Å²) in [4.78, 5) is 25.1. The largest absolute Gasteiger partial charge is 0.379 e. The van der Waals surface area contributed by atoms with Crippen LogP contribution in [0.3, 0.4) is 0 Å². The van der Waals surface area contributed by atoms with E-state index in [1.54, 1.807) is 76.2 Å². The first-order chi connectivity index (χ1) is 24.5. The van der Waals surface area contributed by atoms with Crippen LogP contribution in [0, 0.1) is 41.5 Å². The summed E-state index contributed by atoms with van der Waals surface area (Å²) in [7, 11) is -8.16. The minimum absolute atomic E-state index is 0.0801. The third-order valence-electron chi connectivity index (χ3n) is 7.98. The van der Waals surface area contributed by atoms with Crippen molar-refractivity contribution in [1.29, 1.82) is 0 Å². The van der Waals surface area contributed by atoms with Gasteiger partial charge in [-0.05, 0) is 101 Å². The highest BCUT2D eigenvalue weighted by molar-refractivity contribution is 7.87. The summed E-state index contributed by atoms with van der Waals surface area (Å²) >= 11 is 0. The van der Waals surface area contributed by atoms with E-state index >= 15 is 0 Å². The molecule has 4 amide bonds. The molecule has 4 aromatic carbocycles. The molecule has 278 valence electrons. The average Bonchev–Trinajstić information content (AvgIpc) is 3.00. The summed E-state index contributed by atoms with van der Waals surface area (Å²) in [6.45, 7) is 11.5. The van der Waals surface area contributed by atoms with E-state index in [1.165, 1.54) is 24.3 Å². The SMILES string of the molecule is Cc1cc(C)c(S(=O)(=O)Oc2cccc(NC(=O)NCCCCCCNC(=O)Nc3cccc(OS(=O)(=O)c4c(C)cc(C)cc4C)c3)c2)c(C)c1. The maximum atomic E-state index is 13.0. The van der Waals surface area contributed by atoms with Crippen LogP contribution in [0.1, 0.15) is 59.1 Å². The molecule has 0 heterocycles. The molecule has 0 saturated carbocycles. The lowest BCUT2D eigenvalue weighted by molar-refractivity contribution is 0.250. The Balaban J connectivity index is 1.13. The van der Waals surface area contributed by atoms with Gasteiger partial charge in [-0.3, -0.25) is 0 Å². The topological polar surface area (TPSA) is 169 Å². The van der Waals surface area contributed by atoms with Crippen molar-refractivity contribution in [2.45, 2.75) is 77.0 Å². The van der Waals surface area contributed by atoms with Gasteiger partial charge in [0.15, 0.2) is 0 Å². The number of anilines is 2. The number of nitrogens with one attached hydrogen (secondary N) is 4. The predicted octanol–water partition coefficient (Wildman–Crippen LogP) is 7.58. The van der Waals surface area contributed by atoms with E-state index in [1.807, 2.05) is 13.8 Å². The van der Waals surface area contributed by atoms with Crippen molar-refractivity contribution < 1.29 is 34.8 Å². The van der Waals surface area contributed by atoms with Crippen LogP contribution in [0.4, 0.5) is 21.0 Å². The Morgan fingerprint density at radius 3 is 1.21 bits per heavy atom.